The highest BCUT2D eigenvalue weighted by Crippen LogP contribution is 2.32. The van der Waals surface area contributed by atoms with Gasteiger partial charge in [0.1, 0.15) is 23.6 Å². The van der Waals surface area contributed by atoms with Crippen molar-refractivity contribution < 1.29 is 18.7 Å². The van der Waals surface area contributed by atoms with E-state index in [0.717, 1.165) is 16.2 Å². The van der Waals surface area contributed by atoms with Crippen molar-refractivity contribution in [1.29, 1.82) is 0 Å². The van der Waals surface area contributed by atoms with Crippen molar-refractivity contribution in [3.05, 3.63) is 47.5 Å². The predicted molar refractivity (Wildman–Crippen MR) is 92.1 cm³/mol. The van der Waals surface area contributed by atoms with Crippen LogP contribution in [0.4, 0.5) is 0 Å². The highest BCUT2D eigenvalue weighted by atomic mass is 32.1. The summed E-state index contributed by atoms with van der Waals surface area (Å²) in [6.07, 6.45) is 0.0598. The Balaban J connectivity index is 1.97. The summed E-state index contributed by atoms with van der Waals surface area (Å²) in [5.41, 5.74) is 1.51. The molecule has 0 saturated heterocycles. The van der Waals surface area contributed by atoms with Gasteiger partial charge < -0.3 is 13.9 Å². The average Bonchev–Trinajstić information content (AvgIpc) is 3.24. The maximum Gasteiger partial charge on any atom is 0.313 e. The van der Waals surface area contributed by atoms with Gasteiger partial charge in [-0.25, -0.2) is 4.98 Å². The number of esters is 1. The highest BCUT2D eigenvalue weighted by molar-refractivity contribution is 7.13. The maximum absolute atomic E-state index is 11.8. The number of aromatic nitrogens is 1. The van der Waals surface area contributed by atoms with E-state index in [9.17, 15) is 4.79 Å². The Bertz CT molecular complexity index is 806. The lowest BCUT2D eigenvalue weighted by molar-refractivity contribution is -0.142. The molecule has 0 fully saturated rings. The van der Waals surface area contributed by atoms with Crippen LogP contribution < -0.4 is 4.74 Å². The van der Waals surface area contributed by atoms with E-state index in [4.69, 9.17) is 13.9 Å². The molecule has 0 saturated carbocycles. The van der Waals surface area contributed by atoms with Gasteiger partial charge in [-0.05, 0) is 42.6 Å². The molecule has 0 atom stereocenters. The fourth-order valence-corrected chi connectivity index (χ4v) is 3.01. The smallest absolute Gasteiger partial charge is 0.313 e. The third kappa shape index (κ3) is 3.49. The normalized spacial score (nSPS) is 10.6. The molecule has 24 heavy (non-hydrogen) atoms. The van der Waals surface area contributed by atoms with Crippen LogP contribution in [0.1, 0.15) is 12.7 Å². The summed E-state index contributed by atoms with van der Waals surface area (Å²) in [4.78, 5) is 17.4. The molecule has 0 aliphatic carbocycles. The lowest BCUT2D eigenvalue weighted by Crippen LogP contribution is -2.07. The third-order valence-electron chi connectivity index (χ3n) is 3.40. The predicted octanol–water partition coefficient (Wildman–Crippen LogP) is 4.18. The molecule has 0 aliphatic rings. The topological polar surface area (TPSA) is 61.6 Å². The van der Waals surface area contributed by atoms with Crippen molar-refractivity contribution in [2.45, 2.75) is 13.3 Å². The molecule has 3 rings (SSSR count). The molecule has 0 aliphatic heterocycles. The summed E-state index contributed by atoms with van der Waals surface area (Å²) in [7, 11) is 1.62. The van der Waals surface area contributed by atoms with Gasteiger partial charge in [-0.3, -0.25) is 4.79 Å². The summed E-state index contributed by atoms with van der Waals surface area (Å²) in [5, 5.41) is 1.96. The standard InChI is InChI=1S/C18H17NO4S/c1-3-22-16(20)11-14-17(15-5-4-10-24-15)19-18(23-14)12-6-8-13(21-2)9-7-12/h4-10H,3,11H2,1-2H3. The number of hydrogen-bond donors (Lipinski definition) is 0. The summed E-state index contributed by atoms with van der Waals surface area (Å²) in [6.45, 7) is 2.12. The van der Waals surface area contributed by atoms with Crippen LogP contribution in [-0.2, 0) is 16.0 Å². The van der Waals surface area contributed by atoms with E-state index in [2.05, 4.69) is 4.98 Å². The molecule has 0 N–H and O–H groups in total. The number of rotatable bonds is 6. The van der Waals surface area contributed by atoms with Crippen LogP contribution in [0, 0.1) is 0 Å². The number of hydrogen-bond acceptors (Lipinski definition) is 6. The minimum atomic E-state index is -0.326. The molecule has 1 aromatic carbocycles. The van der Waals surface area contributed by atoms with Crippen LogP contribution in [0.5, 0.6) is 5.75 Å². The van der Waals surface area contributed by atoms with E-state index < -0.39 is 0 Å². The lowest BCUT2D eigenvalue weighted by Gasteiger charge is -2.00. The zero-order valence-electron chi connectivity index (χ0n) is 13.4. The van der Waals surface area contributed by atoms with Gasteiger partial charge in [0.05, 0.1) is 18.6 Å². The van der Waals surface area contributed by atoms with Gasteiger partial charge in [-0.15, -0.1) is 11.3 Å². The minimum absolute atomic E-state index is 0.0598. The Morgan fingerprint density at radius 2 is 2.04 bits per heavy atom. The van der Waals surface area contributed by atoms with Crippen LogP contribution in [0.15, 0.2) is 46.2 Å². The number of nitrogens with zero attached hydrogens (tertiary/aromatic N) is 1. The Morgan fingerprint density at radius 3 is 2.67 bits per heavy atom. The molecule has 0 bridgehead atoms. The van der Waals surface area contributed by atoms with Crippen molar-refractivity contribution in [3.8, 4) is 27.8 Å². The van der Waals surface area contributed by atoms with Crippen LogP contribution in [0.25, 0.3) is 22.0 Å². The molecule has 0 unspecified atom stereocenters. The quantitative estimate of drug-likeness (QED) is 0.628. The van der Waals surface area contributed by atoms with Gasteiger partial charge >= 0.3 is 5.97 Å². The van der Waals surface area contributed by atoms with Gasteiger partial charge in [0.15, 0.2) is 0 Å². The molecule has 5 nitrogen and oxygen atoms in total. The first-order valence-electron chi connectivity index (χ1n) is 7.55. The Hall–Kier alpha value is -2.60. The Kier molecular flexibility index (Phi) is 4.96. The van der Waals surface area contributed by atoms with Gasteiger partial charge in [0.2, 0.25) is 5.89 Å². The first-order valence-corrected chi connectivity index (χ1v) is 8.43. The van der Waals surface area contributed by atoms with E-state index in [0.29, 0.717) is 24.0 Å². The van der Waals surface area contributed by atoms with Crippen molar-refractivity contribution >= 4 is 17.3 Å². The SMILES string of the molecule is CCOC(=O)Cc1oc(-c2ccc(OC)cc2)nc1-c1cccs1. The second-order valence-electron chi connectivity index (χ2n) is 4.98. The van der Waals surface area contributed by atoms with Crippen molar-refractivity contribution in [2.24, 2.45) is 0 Å². The second-order valence-corrected chi connectivity index (χ2v) is 5.93. The zero-order valence-corrected chi connectivity index (χ0v) is 14.3. The number of methoxy groups -OCH3 is 1. The number of benzene rings is 1. The molecule has 124 valence electrons. The van der Waals surface area contributed by atoms with Crippen molar-refractivity contribution in [2.75, 3.05) is 13.7 Å². The van der Waals surface area contributed by atoms with E-state index in [1.54, 1.807) is 25.4 Å². The average molecular weight is 343 g/mol. The Labute approximate surface area is 143 Å². The molecule has 6 heteroatoms. The van der Waals surface area contributed by atoms with E-state index in [1.807, 2.05) is 41.8 Å². The molecule has 0 radical (unpaired) electrons. The monoisotopic (exact) mass is 343 g/mol. The molecule has 0 spiro atoms. The van der Waals surface area contributed by atoms with Crippen molar-refractivity contribution in [1.82, 2.24) is 4.98 Å². The molecule has 0 amide bonds. The van der Waals surface area contributed by atoms with Gasteiger partial charge in [0.25, 0.3) is 0 Å². The van der Waals surface area contributed by atoms with Gasteiger partial charge in [0, 0.05) is 5.56 Å². The molecule has 2 aromatic heterocycles. The number of carbonyl (C=O) groups is 1. The molecular weight excluding hydrogens is 326 g/mol. The number of oxazole rings is 1. The van der Waals surface area contributed by atoms with Crippen LogP contribution in [0.3, 0.4) is 0 Å². The summed E-state index contributed by atoms with van der Waals surface area (Å²) in [6, 6.07) is 11.3. The maximum atomic E-state index is 11.8. The van der Waals surface area contributed by atoms with E-state index in [-0.39, 0.29) is 12.4 Å². The van der Waals surface area contributed by atoms with Crippen LogP contribution in [-0.4, -0.2) is 24.7 Å². The number of ether oxygens (including phenoxy) is 2. The van der Waals surface area contributed by atoms with Gasteiger partial charge in [-0.2, -0.15) is 0 Å². The Morgan fingerprint density at radius 1 is 1.25 bits per heavy atom. The van der Waals surface area contributed by atoms with Crippen LogP contribution in [0.2, 0.25) is 0 Å². The molecule has 2 heterocycles. The number of thiophene rings is 1. The summed E-state index contributed by atoms with van der Waals surface area (Å²) < 4.78 is 16.1. The van der Waals surface area contributed by atoms with Crippen molar-refractivity contribution in [3.63, 3.8) is 0 Å². The lowest BCUT2D eigenvalue weighted by atomic mass is 10.2. The molecule has 3 aromatic rings. The second kappa shape index (κ2) is 7.31. The fourth-order valence-electron chi connectivity index (χ4n) is 2.28. The van der Waals surface area contributed by atoms with Crippen LogP contribution >= 0.6 is 11.3 Å². The third-order valence-corrected chi connectivity index (χ3v) is 4.28. The largest absolute Gasteiger partial charge is 0.497 e. The number of carbonyl (C=O) groups excluding carboxylic acids is 1. The first kappa shape index (κ1) is 16.3. The highest BCUT2D eigenvalue weighted by Gasteiger charge is 2.20. The van der Waals surface area contributed by atoms with E-state index >= 15 is 0 Å². The molecular formula is C18H17NO4S. The zero-order chi connectivity index (χ0) is 16.9. The fraction of sp³-hybridized carbons (Fsp3) is 0.222. The van der Waals surface area contributed by atoms with E-state index in [1.165, 1.54) is 0 Å². The summed E-state index contributed by atoms with van der Waals surface area (Å²) in [5.74, 6) is 1.42. The summed E-state index contributed by atoms with van der Waals surface area (Å²) >= 11 is 1.55. The van der Waals surface area contributed by atoms with Gasteiger partial charge in [-0.1, -0.05) is 6.07 Å². The first-order chi connectivity index (χ1) is 11.7. The minimum Gasteiger partial charge on any atom is -0.497 e.